The quantitative estimate of drug-likeness (QED) is 0.289. The van der Waals surface area contributed by atoms with E-state index < -0.39 is 6.09 Å². The minimum atomic E-state index is -0.927. The summed E-state index contributed by atoms with van der Waals surface area (Å²) in [6, 6.07) is 15.1. The molecule has 0 radical (unpaired) electrons. The first kappa shape index (κ1) is 23.9. The number of amides is 2. The lowest BCUT2D eigenvalue weighted by Gasteiger charge is -2.23. The Kier molecular flexibility index (Phi) is 6.13. The Morgan fingerprint density at radius 2 is 1.92 bits per heavy atom. The molecule has 9 heteroatoms. The molecule has 3 heterocycles. The second kappa shape index (κ2) is 9.75. The number of carbonyl (C=O) groups is 2. The summed E-state index contributed by atoms with van der Waals surface area (Å²) in [4.78, 5) is 37.9. The molecule has 4 aromatic rings. The van der Waals surface area contributed by atoms with E-state index in [1.54, 1.807) is 6.07 Å². The van der Waals surface area contributed by atoms with Crippen molar-refractivity contribution in [2.45, 2.75) is 31.8 Å². The second-order valence-corrected chi connectivity index (χ2v) is 9.72. The first-order chi connectivity index (χ1) is 18.5. The zero-order valence-electron chi connectivity index (χ0n) is 20.6. The fraction of sp³-hybridized carbons (Fsp3) is 0.241. The van der Waals surface area contributed by atoms with Crippen LogP contribution >= 0.6 is 0 Å². The van der Waals surface area contributed by atoms with Crippen molar-refractivity contribution in [2.75, 3.05) is 18.4 Å². The van der Waals surface area contributed by atoms with Crippen molar-refractivity contribution in [3.63, 3.8) is 0 Å². The molecule has 0 bridgehead atoms. The Morgan fingerprint density at radius 1 is 1.11 bits per heavy atom. The standard InChI is InChI=1S/C29H27N5O4/c35-15-23-21(2-1-3-24(23)33-28(36)20-8-6-18(7-9-20)17-4-5-17)26-22-14-25(32-27(22)31-16-30-26)19-10-12-34(13-11-19)29(37)38/h1-3,6-10,14,16-17,35H,4-5,11-13,15H2,(H,33,36)(H,37,38)(H,30,31,32). The van der Waals surface area contributed by atoms with Crippen LogP contribution in [0.5, 0.6) is 0 Å². The summed E-state index contributed by atoms with van der Waals surface area (Å²) in [5.74, 6) is 0.382. The Bertz CT molecular complexity index is 1570. The molecule has 192 valence electrons. The number of nitrogens with zero attached hydrogens (tertiary/aromatic N) is 3. The van der Waals surface area contributed by atoms with Gasteiger partial charge in [-0.15, -0.1) is 0 Å². The highest BCUT2D eigenvalue weighted by molar-refractivity contribution is 6.05. The van der Waals surface area contributed by atoms with Gasteiger partial charge >= 0.3 is 6.09 Å². The normalized spacial score (nSPS) is 15.4. The molecule has 1 saturated carbocycles. The van der Waals surface area contributed by atoms with Crippen molar-refractivity contribution in [3.05, 3.63) is 83.3 Å². The molecule has 38 heavy (non-hydrogen) atoms. The first-order valence-electron chi connectivity index (χ1n) is 12.7. The molecule has 0 atom stereocenters. The van der Waals surface area contributed by atoms with E-state index in [2.05, 4.69) is 20.3 Å². The summed E-state index contributed by atoms with van der Waals surface area (Å²) >= 11 is 0. The van der Waals surface area contributed by atoms with Crippen LogP contribution in [0.3, 0.4) is 0 Å². The van der Waals surface area contributed by atoms with E-state index in [1.807, 2.05) is 48.5 Å². The SMILES string of the molecule is O=C(Nc1cccc(-c2ncnc3[nH]c(C4=CCN(C(=O)O)CC4)cc23)c1CO)c1ccc(C2CC2)cc1. The van der Waals surface area contributed by atoms with Crippen LogP contribution in [0.4, 0.5) is 10.5 Å². The Labute approximate surface area is 218 Å². The summed E-state index contributed by atoms with van der Waals surface area (Å²) in [5.41, 5.74) is 6.75. The molecule has 6 rings (SSSR count). The number of hydrogen-bond donors (Lipinski definition) is 4. The van der Waals surface area contributed by atoms with Crippen LogP contribution in [0.1, 0.15) is 52.4 Å². The average molecular weight is 510 g/mol. The van der Waals surface area contributed by atoms with Gasteiger partial charge in [0.05, 0.1) is 12.3 Å². The van der Waals surface area contributed by atoms with E-state index in [4.69, 9.17) is 0 Å². The summed E-state index contributed by atoms with van der Waals surface area (Å²) < 4.78 is 0. The predicted molar refractivity (Wildman–Crippen MR) is 144 cm³/mol. The van der Waals surface area contributed by atoms with Crippen molar-refractivity contribution in [1.29, 1.82) is 0 Å². The maximum atomic E-state index is 13.0. The van der Waals surface area contributed by atoms with Crippen molar-refractivity contribution < 1.29 is 19.8 Å². The molecule has 0 unspecified atom stereocenters. The third-order valence-corrected chi connectivity index (χ3v) is 7.31. The summed E-state index contributed by atoms with van der Waals surface area (Å²) in [7, 11) is 0. The fourth-order valence-corrected chi connectivity index (χ4v) is 5.03. The van der Waals surface area contributed by atoms with Gasteiger partial charge in [0.25, 0.3) is 5.91 Å². The van der Waals surface area contributed by atoms with E-state index >= 15 is 0 Å². The third kappa shape index (κ3) is 4.52. The summed E-state index contributed by atoms with van der Waals surface area (Å²) in [6.07, 6.45) is 5.45. The monoisotopic (exact) mass is 509 g/mol. The molecule has 9 nitrogen and oxygen atoms in total. The van der Waals surface area contributed by atoms with Crippen LogP contribution < -0.4 is 5.32 Å². The van der Waals surface area contributed by atoms with Gasteiger partial charge in [-0.25, -0.2) is 14.8 Å². The van der Waals surface area contributed by atoms with E-state index in [-0.39, 0.29) is 12.5 Å². The number of aromatic nitrogens is 3. The van der Waals surface area contributed by atoms with Crippen LogP contribution in [0.2, 0.25) is 0 Å². The highest BCUT2D eigenvalue weighted by Gasteiger charge is 2.24. The molecule has 2 aromatic carbocycles. The molecule has 2 amide bonds. The number of aliphatic hydroxyl groups excluding tert-OH is 1. The van der Waals surface area contributed by atoms with Crippen molar-refractivity contribution in [3.8, 4) is 11.3 Å². The number of anilines is 1. The molecule has 1 aliphatic heterocycles. The number of benzene rings is 2. The number of nitrogens with one attached hydrogen (secondary N) is 2. The molecular formula is C29H27N5O4. The van der Waals surface area contributed by atoms with E-state index in [0.29, 0.717) is 59.1 Å². The summed E-state index contributed by atoms with van der Waals surface area (Å²) in [5, 5.41) is 23.3. The number of rotatable bonds is 6. The lowest BCUT2D eigenvalue weighted by molar-refractivity contribution is 0.102. The molecule has 2 aliphatic rings. The number of fused-ring (bicyclic) bond motifs is 1. The fourth-order valence-electron chi connectivity index (χ4n) is 5.03. The highest BCUT2D eigenvalue weighted by Crippen LogP contribution is 2.40. The molecule has 4 N–H and O–H groups in total. The largest absolute Gasteiger partial charge is 0.465 e. The smallest absolute Gasteiger partial charge is 0.407 e. The highest BCUT2D eigenvalue weighted by atomic mass is 16.4. The summed E-state index contributed by atoms with van der Waals surface area (Å²) in [6.45, 7) is 0.471. The minimum Gasteiger partial charge on any atom is -0.465 e. The topological polar surface area (TPSA) is 131 Å². The Hall–Kier alpha value is -4.50. The molecule has 0 spiro atoms. The van der Waals surface area contributed by atoms with E-state index in [9.17, 15) is 19.8 Å². The van der Waals surface area contributed by atoms with Crippen molar-refractivity contribution in [1.82, 2.24) is 19.9 Å². The molecule has 2 aromatic heterocycles. The van der Waals surface area contributed by atoms with Gasteiger partial charge in [-0.05, 0) is 60.6 Å². The van der Waals surface area contributed by atoms with Gasteiger partial charge in [-0.1, -0.05) is 30.3 Å². The number of carbonyl (C=O) groups excluding carboxylic acids is 1. The van der Waals surface area contributed by atoms with Crippen molar-refractivity contribution >= 4 is 34.3 Å². The third-order valence-electron chi connectivity index (χ3n) is 7.31. The van der Waals surface area contributed by atoms with Gasteiger partial charge in [-0.2, -0.15) is 0 Å². The zero-order chi connectivity index (χ0) is 26.2. The minimum absolute atomic E-state index is 0.240. The number of aromatic amines is 1. The number of hydrogen-bond acceptors (Lipinski definition) is 5. The Morgan fingerprint density at radius 3 is 2.61 bits per heavy atom. The van der Waals surface area contributed by atoms with Gasteiger partial charge in [0.2, 0.25) is 0 Å². The molecule has 1 fully saturated rings. The molecule has 1 aliphatic carbocycles. The van der Waals surface area contributed by atoms with Crippen LogP contribution in [0.25, 0.3) is 27.9 Å². The van der Waals surface area contributed by atoms with Gasteiger partial charge < -0.3 is 25.4 Å². The van der Waals surface area contributed by atoms with Crippen molar-refractivity contribution in [2.24, 2.45) is 0 Å². The van der Waals surface area contributed by atoms with Gasteiger partial charge in [0, 0.05) is 46.5 Å². The van der Waals surface area contributed by atoms with Gasteiger partial charge in [-0.3, -0.25) is 4.79 Å². The van der Waals surface area contributed by atoms with Gasteiger partial charge in [0.1, 0.15) is 12.0 Å². The second-order valence-electron chi connectivity index (χ2n) is 9.72. The number of aliphatic hydroxyl groups is 1. The van der Waals surface area contributed by atoms with Crippen LogP contribution in [-0.4, -0.2) is 55.2 Å². The van der Waals surface area contributed by atoms with E-state index in [0.717, 1.165) is 16.7 Å². The molecular weight excluding hydrogens is 482 g/mol. The first-order valence-corrected chi connectivity index (χ1v) is 12.7. The van der Waals surface area contributed by atoms with Crippen LogP contribution in [0, 0.1) is 0 Å². The lowest BCUT2D eigenvalue weighted by Crippen LogP contribution is -2.33. The zero-order valence-corrected chi connectivity index (χ0v) is 20.6. The maximum absolute atomic E-state index is 13.0. The number of carboxylic acid groups (broad SMARTS) is 1. The maximum Gasteiger partial charge on any atom is 0.407 e. The van der Waals surface area contributed by atoms with Crippen LogP contribution in [-0.2, 0) is 6.61 Å². The lowest BCUT2D eigenvalue weighted by atomic mass is 9.99. The van der Waals surface area contributed by atoms with Crippen LogP contribution in [0.15, 0.2) is 60.9 Å². The predicted octanol–water partition coefficient (Wildman–Crippen LogP) is 5.01. The Balaban J connectivity index is 1.31. The molecule has 0 saturated heterocycles. The number of H-pyrrole nitrogens is 1. The average Bonchev–Trinajstić information content (AvgIpc) is 3.70. The van der Waals surface area contributed by atoms with E-state index in [1.165, 1.54) is 29.6 Å². The van der Waals surface area contributed by atoms with Gasteiger partial charge in [0.15, 0.2) is 0 Å².